The smallest absolute Gasteiger partial charge is 0.0545 e. The molecule has 0 amide bonds. The van der Waals surface area contributed by atoms with Crippen molar-refractivity contribution in [3.05, 3.63) is 0 Å². The topological polar surface area (TPSA) is 24.5 Å². The van der Waals surface area contributed by atoms with E-state index in [1.54, 1.807) is 0 Å². The highest BCUT2D eigenvalue weighted by Crippen LogP contribution is 2.38. The molecule has 2 aliphatic rings. The first-order chi connectivity index (χ1) is 7.76. The zero-order chi connectivity index (χ0) is 11.4. The van der Waals surface area contributed by atoms with Crippen LogP contribution in [0.25, 0.3) is 0 Å². The molecule has 2 aliphatic heterocycles. The molecule has 0 bridgehead atoms. The number of hydrogen-bond acceptors (Lipinski definition) is 3. The molecule has 0 spiro atoms. The summed E-state index contributed by atoms with van der Waals surface area (Å²) in [7, 11) is 0. The molecule has 0 aromatic carbocycles. The van der Waals surface area contributed by atoms with Gasteiger partial charge in [0.25, 0.3) is 0 Å². The molecule has 94 valence electrons. The molecule has 2 saturated heterocycles. The minimum absolute atomic E-state index is 0.513. The Kier molecular flexibility index (Phi) is 4.22. The molecule has 1 atom stereocenters. The van der Waals surface area contributed by atoms with E-state index >= 15 is 0 Å². The summed E-state index contributed by atoms with van der Waals surface area (Å²) >= 11 is 0. The molecule has 0 aromatic rings. The van der Waals surface area contributed by atoms with Crippen LogP contribution in [-0.2, 0) is 4.74 Å². The van der Waals surface area contributed by atoms with Crippen molar-refractivity contribution < 1.29 is 4.74 Å². The molecule has 1 N–H and O–H groups in total. The van der Waals surface area contributed by atoms with Gasteiger partial charge in [-0.25, -0.2) is 0 Å². The summed E-state index contributed by atoms with van der Waals surface area (Å²) in [6, 6.07) is 0.720. The van der Waals surface area contributed by atoms with Crippen molar-refractivity contribution in [1.82, 2.24) is 10.2 Å². The summed E-state index contributed by atoms with van der Waals surface area (Å²) in [5, 5.41) is 3.42. The van der Waals surface area contributed by atoms with Gasteiger partial charge in [0.1, 0.15) is 0 Å². The Morgan fingerprint density at radius 1 is 1.31 bits per heavy atom. The highest BCUT2D eigenvalue weighted by Gasteiger charge is 2.39. The van der Waals surface area contributed by atoms with E-state index in [0.717, 1.165) is 32.3 Å². The van der Waals surface area contributed by atoms with Crippen LogP contribution in [0.1, 0.15) is 33.1 Å². The number of ether oxygens (including phenoxy) is 1. The summed E-state index contributed by atoms with van der Waals surface area (Å²) < 4.78 is 5.45. The lowest BCUT2D eigenvalue weighted by atomic mass is 9.76. The van der Waals surface area contributed by atoms with Gasteiger partial charge in [-0.1, -0.05) is 13.3 Å². The third kappa shape index (κ3) is 2.76. The Bertz CT molecular complexity index is 210. The van der Waals surface area contributed by atoms with Crippen molar-refractivity contribution in [3.63, 3.8) is 0 Å². The van der Waals surface area contributed by atoms with E-state index in [9.17, 15) is 0 Å². The predicted molar refractivity (Wildman–Crippen MR) is 66.7 cm³/mol. The Morgan fingerprint density at radius 2 is 2.00 bits per heavy atom. The summed E-state index contributed by atoms with van der Waals surface area (Å²) in [6.45, 7) is 11.4. The maximum Gasteiger partial charge on any atom is 0.0545 e. The van der Waals surface area contributed by atoms with E-state index < -0.39 is 0 Å². The normalized spacial score (nSPS) is 27.4. The first-order valence-corrected chi connectivity index (χ1v) is 6.78. The van der Waals surface area contributed by atoms with Crippen molar-refractivity contribution in [2.75, 3.05) is 39.4 Å². The van der Waals surface area contributed by atoms with Crippen LogP contribution in [0.4, 0.5) is 0 Å². The van der Waals surface area contributed by atoms with Crippen molar-refractivity contribution >= 4 is 0 Å². The van der Waals surface area contributed by atoms with Crippen LogP contribution in [-0.4, -0.2) is 50.3 Å². The molecule has 2 rings (SSSR count). The van der Waals surface area contributed by atoms with Gasteiger partial charge in [-0.05, 0) is 19.8 Å². The highest BCUT2D eigenvalue weighted by atomic mass is 16.5. The van der Waals surface area contributed by atoms with Gasteiger partial charge in [-0.3, -0.25) is 4.90 Å². The zero-order valence-corrected chi connectivity index (χ0v) is 10.8. The van der Waals surface area contributed by atoms with Crippen molar-refractivity contribution in [2.24, 2.45) is 5.41 Å². The van der Waals surface area contributed by atoms with Crippen LogP contribution < -0.4 is 5.32 Å². The first kappa shape index (κ1) is 12.3. The minimum atomic E-state index is 0.513. The second kappa shape index (κ2) is 5.48. The third-order valence-corrected chi connectivity index (χ3v) is 4.10. The Morgan fingerprint density at radius 3 is 2.50 bits per heavy atom. The Balaban J connectivity index is 1.82. The quantitative estimate of drug-likeness (QED) is 0.768. The molecular formula is C13H26N2O. The van der Waals surface area contributed by atoms with Crippen molar-refractivity contribution in [2.45, 2.75) is 39.2 Å². The largest absolute Gasteiger partial charge is 0.380 e. The SMILES string of the molecule is CCCC1(CC(C)N2CCNCC2)COC1. The molecule has 16 heavy (non-hydrogen) atoms. The summed E-state index contributed by atoms with van der Waals surface area (Å²) in [5.74, 6) is 0. The van der Waals surface area contributed by atoms with E-state index in [2.05, 4.69) is 24.1 Å². The summed E-state index contributed by atoms with van der Waals surface area (Å²) in [6.07, 6.45) is 3.95. The molecule has 2 heterocycles. The molecule has 3 nitrogen and oxygen atoms in total. The molecule has 3 heteroatoms. The van der Waals surface area contributed by atoms with Crippen LogP contribution in [0, 0.1) is 5.41 Å². The van der Waals surface area contributed by atoms with Gasteiger partial charge in [0.15, 0.2) is 0 Å². The maximum atomic E-state index is 5.45. The van der Waals surface area contributed by atoms with Gasteiger partial charge in [-0.2, -0.15) is 0 Å². The van der Waals surface area contributed by atoms with E-state index in [0.29, 0.717) is 5.41 Å². The lowest BCUT2D eigenvalue weighted by Crippen LogP contribution is -2.52. The van der Waals surface area contributed by atoms with E-state index in [1.165, 1.54) is 32.4 Å². The molecule has 0 saturated carbocycles. The standard InChI is InChI=1S/C13H26N2O/c1-3-4-13(10-16-11-13)9-12(2)15-7-5-14-6-8-15/h12,14H,3-11H2,1-2H3. The van der Waals surface area contributed by atoms with E-state index in [1.807, 2.05) is 0 Å². The molecule has 1 unspecified atom stereocenters. The maximum absolute atomic E-state index is 5.45. The van der Waals surface area contributed by atoms with Crippen LogP contribution in [0.2, 0.25) is 0 Å². The molecule has 2 fully saturated rings. The van der Waals surface area contributed by atoms with Crippen LogP contribution >= 0.6 is 0 Å². The number of nitrogens with zero attached hydrogens (tertiary/aromatic N) is 1. The van der Waals surface area contributed by atoms with Gasteiger partial charge < -0.3 is 10.1 Å². The van der Waals surface area contributed by atoms with E-state index in [4.69, 9.17) is 4.74 Å². The van der Waals surface area contributed by atoms with Gasteiger partial charge in [0, 0.05) is 37.6 Å². The summed E-state index contributed by atoms with van der Waals surface area (Å²) in [4.78, 5) is 2.63. The molecular weight excluding hydrogens is 200 g/mol. The molecule has 0 aromatic heterocycles. The monoisotopic (exact) mass is 226 g/mol. The fourth-order valence-electron chi connectivity index (χ4n) is 3.16. The third-order valence-electron chi connectivity index (χ3n) is 4.10. The Hall–Kier alpha value is -0.120. The fraction of sp³-hybridized carbons (Fsp3) is 1.00. The lowest BCUT2D eigenvalue weighted by molar-refractivity contribution is -0.131. The summed E-state index contributed by atoms with van der Waals surface area (Å²) in [5.41, 5.74) is 0.513. The van der Waals surface area contributed by atoms with Crippen molar-refractivity contribution in [1.29, 1.82) is 0 Å². The van der Waals surface area contributed by atoms with E-state index in [-0.39, 0.29) is 0 Å². The molecule has 0 aliphatic carbocycles. The van der Waals surface area contributed by atoms with Crippen LogP contribution in [0.5, 0.6) is 0 Å². The second-order valence-corrected chi connectivity index (χ2v) is 5.58. The average molecular weight is 226 g/mol. The number of rotatable bonds is 5. The predicted octanol–water partition coefficient (Wildman–Crippen LogP) is 1.49. The van der Waals surface area contributed by atoms with Gasteiger partial charge in [-0.15, -0.1) is 0 Å². The minimum Gasteiger partial charge on any atom is -0.380 e. The average Bonchev–Trinajstić information content (AvgIpc) is 2.27. The number of hydrogen-bond donors (Lipinski definition) is 1. The lowest BCUT2D eigenvalue weighted by Gasteiger charge is -2.45. The van der Waals surface area contributed by atoms with Gasteiger partial charge in [0.05, 0.1) is 13.2 Å². The van der Waals surface area contributed by atoms with Crippen LogP contribution in [0.15, 0.2) is 0 Å². The Labute approximate surface area is 99.5 Å². The highest BCUT2D eigenvalue weighted by molar-refractivity contribution is 4.89. The zero-order valence-electron chi connectivity index (χ0n) is 10.8. The molecule has 0 radical (unpaired) electrons. The van der Waals surface area contributed by atoms with Crippen molar-refractivity contribution in [3.8, 4) is 0 Å². The second-order valence-electron chi connectivity index (χ2n) is 5.58. The number of nitrogens with one attached hydrogen (secondary N) is 1. The van der Waals surface area contributed by atoms with Crippen LogP contribution in [0.3, 0.4) is 0 Å². The van der Waals surface area contributed by atoms with Gasteiger partial charge in [0.2, 0.25) is 0 Å². The van der Waals surface area contributed by atoms with Gasteiger partial charge >= 0.3 is 0 Å². The fourth-order valence-corrected chi connectivity index (χ4v) is 3.16. The first-order valence-electron chi connectivity index (χ1n) is 6.78. The number of piperazine rings is 1.